The van der Waals surface area contributed by atoms with Gasteiger partial charge in [0.1, 0.15) is 11.4 Å². The summed E-state index contributed by atoms with van der Waals surface area (Å²) < 4.78 is 7.47. The molecule has 3 aromatic rings. The van der Waals surface area contributed by atoms with Crippen molar-refractivity contribution in [2.45, 2.75) is 12.8 Å². The molecule has 1 aromatic carbocycles. The Balaban J connectivity index is 0.00000113. The van der Waals surface area contributed by atoms with Gasteiger partial charge in [0.05, 0.1) is 18.5 Å². The number of carbonyl (C=O) groups excluding carboxylic acids is 1. The molecule has 2 N–H and O–H groups in total. The molecule has 6 nitrogen and oxygen atoms in total. The maximum atomic E-state index is 12.1. The van der Waals surface area contributed by atoms with E-state index in [2.05, 4.69) is 0 Å². The van der Waals surface area contributed by atoms with Crippen LogP contribution in [0.15, 0.2) is 42.7 Å². The van der Waals surface area contributed by atoms with Crippen LogP contribution in [0.4, 0.5) is 5.69 Å². The number of rotatable bonds is 2. The lowest BCUT2D eigenvalue weighted by Crippen LogP contribution is -2.31. The number of nitrogens with zero attached hydrogens (tertiary/aromatic N) is 3. The van der Waals surface area contributed by atoms with Crippen molar-refractivity contribution >= 4 is 29.6 Å². The summed E-state index contributed by atoms with van der Waals surface area (Å²) in [5, 5.41) is 0. The Hall–Kier alpha value is -2.57. The summed E-state index contributed by atoms with van der Waals surface area (Å²) in [6, 6.07) is 9.88. The first kappa shape index (κ1) is 18.8. The minimum atomic E-state index is 0. The largest absolute Gasteiger partial charge is 0.495 e. The Bertz CT molecular complexity index is 890. The fourth-order valence-electron chi connectivity index (χ4n) is 3.23. The molecule has 3 heterocycles. The number of benzene rings is 1. The van der Waals surface area contributed by atoms with Crippen LogP contribution in [-0.2, 0) is 11.2 Å². The lowest BCUT2D eigenvalue weighted by atomic mass is 9.94. The van der Waals surface area contributed by atoms with Crippen molar-refractivity contribution in [1.29, 1.82) is 0 Å². The zero-order valence-corrected chi connectivity index (χ0v) is 14.8. The topological polar surface area (TPSA) is 78.3 Å². The fourth-order valence-corrected chi connectivity index (χ4v) is 3.23. The van der Waals surface area contributed by atoms with Gasteiger partial charge < -0.3 is 19.5 Å². The summed E-state index contributed by atoms with van der Waals surface area (Å²) in [7, 11) is 3.43. The van der Waals surface area contributed by atoms with Crippen LogP contribution in [0, 0.1) is 0 Å². The Kier molecular flexibility index (Phi) is 5.35. The Morgan fingerprint density at radius 2 is 1.96 bits per heavy atom. The van der Waals surface area contributed by atoms with E-state index in [1.54, 1.807) is 19.1 Å². The van der Waals surface area contributed by atoms with Gasteiger partial charge in [-0.1, -0.05) is 6.07 Å². The lowest BCUT2D eigenvalue weighted by Gasteiger charge is -2.29. The minimum Gasteiger partial charge on any atom is -0.495 e. The van der Waals surface area contributed by atoms with Crippen molar-refractivity contribution in [3.8, 4) is 17.0 Å². The highest BCUT2D eigenvalue weighted by molar-refractivity contribution is 5.99. The van der Waals surface area contributed by atoms with Gasteiger partial charge in [0.2, 0.25) is 5.91 Å². The maximum absolute atomic E-state index is 12.1. The van der Waals surface area contributed by atoms with Crippen LogP contribution in [0.3, 0.4) is 0 Å². The molecular formula is C18H20ClN3O3. The number of ether oxygens (including phenoxy) is 1. The number of amides is 1. The molecule has 1 aliphatic heterocycles. The molecule has 1 amide bonds. The highest BCUT2D eigenvalue weighted by atomic mass is 35.5. The van der Waals surface area contributed by atoms with Crippen molar-refractivity contribution in [2.24, 2.45) is 0 Å². The first-order valence-electron chi connectivity index (χ1n) is 7.59. The zero-order chi connectivity index (χ0) is 16.0. The number of aromatic nitrogens is 2. The van der Waals surface area contributed by atoms with E-state index >= 15 is 0 Å². The monoisotopic (exact) mass is 361 g/mol. The normalized spacial score (nSPS) is 13.0. The molecule has 0 radical (unpaired) electrons. The summed E-state index contributed by atoms with van der Waals surface area (Å²) in [4.78, 5) is 18.5. The molecule has 0 saturated carbocycles. The van der Waals surface area contributed by atoms with Crippen molar-refractivity contribution in [3.63, 3.8) is 0 Å². The standard InChI is InChI=1S/C18H17N3O2.ClH.H2O/c1-20-17(22)9-7-13-12(6-8-15(23-2)18(13)20)14-11-21-10-4-3-5-16(21)19-14;;/h3-6,8,10-11H,7,9H2,1-2H3;1H;1H2. The van der Waals surface area contributed by atoms with Crippen LogP contribution in [0.25, 0.3) is 16.9 Å². The van der Waals surface area contributed by atoms with E-state index in [-0.39, 0.29) is 23.8 Å². The summed E-state index contributed by atoms with van der Waals surface area (Å²) in [6.45, 7) is 0. The molecule has 7 heteroatoms. The van der Waals surface area contributed by atoms with Gasteiger partial charge in [-0.15, -0.1) is 12.4 Å². The van der Waals surface area contributed by atoms with E-state index in [0.717, 1.165) is 33.9 Å². The second-order valence-electron chi connectivity index (χ2n) is 5.69. The molecular weight excluding hydrogens is 342 g/mol. The SMILES string of the molecule is COc1ccc(-c2cn3ccccc3n2)c2c1N(C)C(=O)CC2.Cl.O. The van der Waals surface area contributed by atoms with Crippen LogP contribution in [0.5, 0.6) is 5.75 Å². The Labute approximate surface area is 151 Å². The number of pyridine rings is 1. The van der Waals surface area contributed by atoms with Gasteiger partial charge >= 0.3 is 0 Å². The van der Waals surface area contributed by atoms with Gasteiger partial charge in [-0.25, -0.2) is 4.98 Å². The van der Waals surface area contributed by atoms with Crippen molar-refractivity contribution in [2.75, 3.05) is 19.1 Å². The number of anilines is 1. The van der Waals surface area contributed by atoms with Gasteiger partial charge in [-0.2, -0.15) is 0 Å². The summed E-state index contributed by atoms with van der Waals surface area (Å²) >= 11 is 0. The van der Waals surface area contributed by atoms with E-state index in [0.29, 0.717) is 12.8 Å². The molecule has 25 heavy (non-hydrogen) atoms. The summed E-state index contributed by atoms with van der Waals surface area (Å²) in [6.07, 6.45) is 5.22. The molecule has 0 fully saturated rings. The van der Waals surface area contributed by atoms with Crippen LogP contribution >= 0.6 is 12.4 Å². The van der Waals surface area contributed by atoms with Crippen molar-refractivity contribution in [1.82, 2.24) is 9.38 Å². The first-order valence-corrected chi connectivity index (χ1v) is 7.59. The average molecular weight is 362 g/mol. The third kappa shape index (κ3) is 2.94. The molecule has 4 rings (SSSR count). The molecule has 1 aliphatic rings. The van der Waals surface area contributed by atoms with Crippen LogP contribution in [-0.4, -0.2) is 34.9 Å². The fraction of sp³-hybridized carbons (Fsp3) is 0.222. The molecule has 0 unspecified atom stereocenters. The van der Waals surface area contributed by atoms with Gasteiger partial charge in [0.15, 0.2) is 0 Å². The second kappa shape index (κ2) is 7.13. The second-order valence-corrected chi connectivity index (χ2v) is 5.69. The van der Waals surface area contributed by atoms with Gasteiger partial charge in [-0.3, -0.25) is 4.79 Å². The van der Waals surface area contributed by atoms with Gasteiger partial charge in [0.25, 0.3) is 0 Å². The zero-order valence-electron chi connectivity index (χ0n) is 14.0. The number of hydrogen-bond acceptors (Lipinski definition) is 3. The average Bonchev–Trinajstić information content (AvgIpc) is 3.01. The number of methoxy groups -OCH3 is 1. The summed E-state index contributed by atoms with van der Waals surface area (Å²) in [5.74, 6) is 0.839. The Morgan fingerprint density at radius 1 is 1.16 bits per heavy atom. The maximum Gasteiger partial charge on any atom is 0.227 e. The number of halogens is 1. The summed E-state index contributed by atoms with van der Waals surface area (Å²) in [5.41, 5.74) is 4.86. The van der Waals surface area contributed by atoms with Crippen LogP contribution in [0.2, 0.25) is 0 Å². The predicted molar refractivity (Wildman–Crippen MR) is 99.8 cm³/mol. The van der Waals surface area contributed by atoms with E-state index < -0.39 is 0 Å². The van der Waals surface area contributed by atoms with E-state index in [9.17, 15) is 4.79 Å². The van der Waals surface area contributed by atoms with Gasteiger partial charge in [-0.05, 0) is 36.2 Å². The lowest BCUT2D eigenvalue weighted by molar-refractivity contribution is -0.118. The van der Waals surface area contributed by atoms with Crippen molar-refractivity contribution in [3.05, 3.63) is 48.3 Å². The molecule has 0 saturated heterocycles. The predicted octanol–water partition coefficient (Wildman–Crippen LogP) is 2.52. The highest BCUT2D eigenvalue weighted by Crippen LogP contribution is 2.41. The molecule has 132 valence electrons. The number of fused-ring (bicyclic) bond motifs is 2. The van der Waals surface area contributed by atoms with Crippen LogP contribution < -0.4 is 9.64 Å². The highest BCUT2D eigenvalue weighted by Gasteiger charge is 2.27. The minimum absolute atomic E-state index is 0. The van der Waals surface area contributed by atoms with E-state index in [1.807, 2.05) is 47.1 Å². The number of hydrogen-bond donors (Lipinski definition) is 0. The first-order chi connectivity index (χ1) is 11.2. The van der Waals surface area contributed by atoms with E-state index in [1.165, 1.54) is 0 Å². The number of imidazole rings is 1. The van der Waals surface area contributed by atoms with Crippen LogP contribution in [0.1, 0.15) is 12.0 Å². The smallest absolute Gasteiger partial charge is 0.227 e. The molecule has 0 bridgehead atoms. The third-order valence-corrected chi connectivity index (χ3v) is 4.40. The number of carbonyl (C=O) groups is 1. The molecule has 0 aliphatic carbocycles. The quantitative estimate of drug-likeness (QED) is 0.703. The van der Waals surface area contributed by atoms with Crippen molar-refractivity contribution < 1.29 is 15.0 Å². The molecule has 0 atom stereocenters. The van der Waals surface area contributed by atoms with Gasteiger partial charge in [0, 0.05) is 31.4 Å². The van der Waals surface area contributed by atoms with E-state index in [4.69, 9.17) is 9.72 Å². The third-order valence-electron chi connectivity index (χ3n) is 4.40. The molecule has 2 aromatic heterocycles. The Morgan fingerprint density at radius 3 is 2.68 bits per heavy atom. The molecule has 0 spiro atoms.